The minimum Gasteiger partial charge on any atom is -0.508 e. The number of primary amides is 1. The number of phenolic OH excluding ortho intramolecular Hbond substituents is 1. The van der Waals surface area contributed by atoms with Gasteiger partial charge in [0.1, 0.15) is 5.75 Å². The third kappa shape index (κ3) is 5.71. The zero-order chi connectivity index (χ0) is 24.2. The van der Waals surface area contributed by atoms with Crippen LogP contribution in [0.1, 0.15) is 59.6 Å². The zero-order valence-electron chi connectivity index (χ0n) is 20.7. The zero-order valence-corrected chi connectivity index (χ0v) is 20.7. The fourth-order valence-electron chi connectivity index (χ4n) is 5.79. The Morgan fingerprint density at radius 2 is 1.63 bits per heavy atom. The highest BCUT2D eigenvalue weighted by Crippen LogP contribution is 2.29. The Bertz CT molecular complexity index is 1160. The quantitative estimate of drug-likeness (QED) is 0.509. The molecular weight excluding hydrogens is 436 g/mol. The van der Waals surface area contributed by atoms with Crippen LogP contribution in [-0.4, -0.2) is 64.6 Å². The molecule has 35 heavy (non-hydrogen) atoms. The van der Waals surface area contributed by atoms with Crippen LogP contribution in [0.4, 0.5) is 0 Å². The molecule has 0 unspecified atom stereocenters. The summed E-state index contributed by atoms with van der Waals surface area (Å²) in [5.74, 6) is 0.0407. The van der Waals surface area contributed by atoms with Crippen LogP contribution < -0.4 is 5.73 Å². The molecule has 2 aliphatic rings. The maximum atomic E-state index is 11.6. The molecule has 0 saturated carbocycles. The Balaban J connectivity index is 1.14. The third-order valence-corrected chi connectivity index (χ3v) is 7.96. The molecule has 0 bridgehead atoms. The van der Waals surface area contributed by atoms with Gasteiger partial charge in [-0.1, -0.05) is 24.6 Å². The van der Waals surface area contributed by atoms with Gasteiger partial charge >= 0.3 is 0 Å². The van der Waals surface area contributed by atoms with Gasteiger partial charge in [-0.15, -0.1) is 0 Å². The maximum Gasteiger partial charge on any atom is 0.248 e. The van der Waals surface area contributed by atoms with Crippen LogP contribution >= 0.6 is 0 Å². The first kappa shape index (κ1) is 23.9. The summed E-state index contributed by atoms with van der Waals surface area (Å²) in [7, 11) is 0. The summed E-state index contributed by atoms with van der Waals surface area (Å²) in [4.78, 5) is 16.7. The molecule has 6 heteroatoms. The van der Waals surface area contributed by atoms with Crippen molar-refractivity contribution in [2.75, 3.05) is 39.3 Å². The van der Waals surface area contributed by atoms with E-state index in [1.165, 1.54) is 37.9 Å². The molecule has 1 aromatic heterocycles. The minimum atomic E-state index is -0.381. The summed E-state index contributed by atoms with van der Waals surface area (Å²) in [6, 6.07) is 14.4. The number of nitrogens with two attached hydrogens (primary N) is 1. The molecule has 2 aliphatic heterocycles. The van der Waals surface area contributed by atoms with Gasteiger partial charge < -0.3 is 25.2 Å². The molecule has 0 spiro atoms. The van der Waals surface area contributed by atoms with E-state index < -0.39 is 0 Å². The topological polar surface area (TPSA) is 74.7 Å². The highest BCUT2D eigenvalue weighted by molar-refractivity contribution is 5.97. The molecule has 0 aliphatic carbocycles. The Hall–Kier alpha value is -2.83. The first-order chi connectivity index (χ1) is 17.1. The van der Waals surface area contributed by atoms with E-state index in [-0.39, 0.29) is 5.91 Å². The van der Waals surface area contributed by atoms with E-state index >= 15 is 0 Å². The van der Waals surface area contributed by atoms with Crippen LogP contribution in [0.25, 0.3) is 10.9 Å². The number of carbonyl (C=O) groups is 1. The van der Waals surface area contributed by atoms with Crippen LogP contribution in [-0.2, 0) is 12.8 Å². The summed E-state index contributed by atoms with van der Waals surface area (Å²) in [6.45, 7) is 6.61. The number of carbonyl (C=O) groups excluding carboxylic acids is 1. The van der Waals surface area contributed by atoms with Gasteiger partial charge in [0.15, 0.2) is 0 Å². The van der Waals surface area contributed by atoms with Gasteiger partial charge in [0, 0.05) is 49.5 Å². The number of likely N-dealkylation sites (tertiary alicyclic amines) is 2. The number of piperidine rings is 2. The van der Waals surface area contributed by atoms with E-state index in [1.54, 1.807) is 6.07 Å². The van der Waals surface area contributed by atoms with Crippen molar-refractivity contribution in [1.29, 1.82) is 0 Å². The van der Waals surface area contributed by atoms with Crippen molar-refractivity contribution in [2.45, 2.75) is 51.0 Å². The summed E-state index contributed by atoms with van der Waals surface area (Å²) in [5, 5.41) is 11.6. The van der Waals surface area contributed by atoms with Gasteiger partial charge in [0.2, 0.25) is 5.91 Å². The van der Waals surface area contributed by atoms with Crippen LogP contribution in [0.15, 0.2) is 48.7 Å². The number of fused-ring (bicyclic) bond motifs is 1. The molecule has 3 N–H and O–H groups in total. The van der Waals surface area contributed by atoms with Gasteiger partial charge in [-0.3, -0.25) is 4.79 Å². The van der Waals surface area contributed by atoms with Gasteiger partial charge in [-0.2, -0.15) is 0 Å². The Morgan fingerprint density at radius 1 is 0.886 bits per heavy atom. The summed E-state index contributed by atoms with van der Waals surface area (Å²) >= 11 is 0. The van der Waals surface area contributed by atoms with Crippen molar-refractivity contribution in [2.24, 2.45) is 5.73 Å². The maximum absolute atomic E-state index is 11.6. The van der Waals surface area contributed by atoms with Gasteiger partial charge in [0.25, 0.3) is 0 Å². The molecule has 0 atom stereocenters. The largest absolute Gasteiger partial charge is 0.508 e. The lowest BCUT2D eigenvalue weighted by Crippen LogP contribution is -2.35. The van der Waals surface area contributed by atoms with Gasteiger partial charge in [-0.05, 0) is 92.4 Å². The third-order valence-electron chi connectivity index (χ3n) is 7.96. The molecule has 2 fully saturated rings. The highest BCUT2D eigenvalue weighted by atomic mass is 16.3. The van der Waals surface area contributed by atoms with Crippen LogP contribution in [0.3, 0.4) is 0 Å². The molecule has 5 rings (SSSR count). The van der Waals surface area contributed by atoms with Crippen molar-refractivity contribution in [3.05, 3.63) is 65.4 Å². The molecule has 0 radical (unpaired) electrons. The highest BCUT2D eigenvalue weighted by Gasteiger charge is 2.22. The summed E-state index contributed by atoms with van der Waals surface area (Å²) < 4.78 is 2.32. The van der Waals surface area contributed by atoms with Crippen molar-refractivity contribution in [1.82, 2.24) is 14.4 Å². The van der Waals surface area contributed by atoms with Crippen LogP contribution in [0, 0.1) is 0 Å². The molecule has 3 heterocycles. The van der Waals surface area contributed by atoms with E-state index in [0.717, 1.165) is 68.3 Å². The molecule has 186 valence electrons. The van der Waals surface area contributed by atoms with E-state index in [9.17, 15) is 9.90 Å². The number of rotatable bonds is 8. The lowest BCUT2D eigenvalue weighted by Gasteiger charge is -2.33. The number of hydrogen-bond donors (Lipinski definition) is 2. The SMILES string of the molecule is NC(=O)c1ccc2ccn(C3CCN(CCc4cc(CCN5CCCCC5)ccc4O)CC3)c2c1. The second-order valence-electron chi connectivity index (χ2n) is 10.3. The Labute approximate surface area is 208 Å². The number of aromatic hydroxyl groups is 1. The van der Waals surface area contributed by atoms with Crippen LogP contribution in [0.2, 0.25) is 0 Å². The normalized spacial score (nSPS) is 18.3. The Morgan fingerprint density at radius 3 is 2.40 bits per heavy atom. The predicted molar refractivity (Wildman–Crippen MR) is 141 cm³/mol. The Kier molecular flexibility index (Phi) is 7.40. The summed E-state index contributed by atoms with van der Waals surface area (Å²) in [5.41, 5.74) is 9.55. The second-order valence-corrected chi connectivity index (χ2v) is 10.3. The standard InChI is InChI=1S/C29H38N4O2/c30-29(35)25-6-5-23-10-19-33(27(23)21-25)26-11-17-32(18-12-26)16-9-24-20-22(4-7-28(24)34)8-15-31-13-2-1-3-14-31/h4-7,10,19-21,26,34H,1-3,8-9,11-18H2,(H2,30,35). The fraction of sp³-hybridized carbons (Fsp3) is 0.483. The van der Waals surface area contributed by atoms with E-state index in [2.05, 4.69) is 38.8 Å². The number of benzene rings is 2. The van der Waals surface area contributed by atoms with Crippen LogP contribution in [0.5, 0.6) is 5.75 Å². The van der Waals surface area contributed by atoms with E-state index in [0.29, 0.717) is 17.4 Å². The molecule has 1 amide bonds. The molecule has 6 nitrogen and oxygen atoms in total. The van der Waals surface area contributed by atoms with Crippen molar-refractivity contribution < 1.29 is 9.90 Å². The van der Waals surface area contributed by atoms with Crippen molar-refractivity contribution >= 4 is 16.8 Å². The van der Waals surface area contributed by atoms with E-state index in [1.807, 2.05) is 18.2 Å². The monoisotopic (exact) mass is 474 g/mol. The number of nitrogens with zero attached hydrogens (tertiary/aromatic N) is 3. The molecule has 2 saturated heterocycles. The summed E-state index contributed by atoms with van der Waals surface area (Å²) in [6.07, 6.45) is 10.2. The molecule has 2 aromatic carbocycles. The number of aromatic nitrogens is 1. The average molecular weight is 475 g/mol. The van der Waals surface area contributed by atoms with Gasteiger partial charge in [0.05, 0.1) is 0 Å². The lowest BCUT2D eigenvalue weighted by molar-refractivity contribution is 0.100. The second kappa shape index (κ2) is 10.8. The van der Waals surface area contributed by atoms with Gasteiger partial charge in [-0.25, -0.2) is 0 Å². The predicted octanol–water partition coefficient (Wildman–Crippen LogP) is 4.35. The minimum absolute atomic E-state index is 0.381. The van der Waals surface area contributed by atoms with Crippen molar-refractivity contribution in [3.63, 3.8) is 0 Å². The average Bonchev–Trinajstić information content (AvgIpc) is 3.31. The number of hydrogen-bond acceptors (Lipinski definition) is 4. The number of amides is 1. The first-order valence-electron chi connectivity index (χ1n) is 13.2. The smallest absolute Gasteiger partial charge is 0.248 e. The molecule has 3 aromatic rings. The van der Waals surface area contributed by atoms with Crippen molar-refractivity contribution in [3.8, 4) is 5.75 Å². The number of phenols is 1. The van der Waals surface area contributed by atoms with E-state index in [4.69, 9.17) is 5.73 Å². The molecular formula is C29H38N4O2. The lowest BCUT2D eigenvalue weighted by atomic mass is 10.0. The first-order valence-corrected chi connectivity index (χ1v) is 13.2. The fourth-order valence-corrected chi connectivity index (χ4v) is 5.79.